The summed E-state index contributed by atoms with van der Waals surface area (Å²) in [4.78, 5) is 22.6. The molecule has 0 aliphatic heterocycles. The molecule has 0 aliphatic carbocycles. The summed E-state index contributed by atoms with van der Waals surface area (Å²) >= 11 is 0. The van der Waals surface area contributed by atoms with Gasteiger partial charge < -0.3 is 15.8 Å². The molecule has 2 atom stereocenters. The van der Waals surface area contributed by atoms with Gasteiger partial charge in [0.1, 0.15) is 6.04 Å². The lowest BCUT2D eigenvalue weighted by molar-refractivity contribution is -0.144. The smallest absolute Gasteiger partial charge is 0.328 e. The maximum Gasteiger partial charge on any atom is 0.328 e. The maximum atomic E-state index is 11.5. The van der Waals surface area contributed by atoms with Crippen molar-refractivity contribution < 1.29 is 14.3 Å². The van der Waals surface area contributed by atoms with Crippen LogP contribution in [0.4, 0.5) is 0 Å². The quantitative estimate of drug-likeness (QED) is 0.619. The number of amides is 1. The molecule has 17 heavy (non-hydrogen) atoms. The molecule has 0 rings (SSSR count). The van der Waals surface area contributed by atoms with Crippen LogP contribution in [0.25, 0.3) is 0 Å². The number of nitrogens with two attached hydrogens (primary N) is 1. The van der Waals surface area contributed by atoms with E-state index < -0.39 is 12.0 Å². The molecule has 1 unspecified atom stereocenters. The molecule has 3 N–H and O–H groups in total. The van der Waals surface area contributed by atoms with Crippen LogP contribution in [0.15, 0.2) is 0 Å². The van der Waals surface area contributed by atoms with E-state index in [4.69, 9.17) is 5.73 Å². The number of hydrogen-bond acceptors (Lipinski definition) is 4. The first-order valence-corrected chi connectivity index (χ1v) is 6.12. The van der Waals surface area contributed by atoms with Gasteiger partial charge in [0.05, 0.1) is 7.11 Å². The van der Waals surface area contributed by atoms with E-state index in [1.54, 1.807) is 6.92 Å². The second-order valence-electron chi connectivity index (χ2n) is 4.20. The molecule has 0 bridgehead atoms. The van der Waals surface area contributed by atoms with E-state index in [0.29, 0.717) is 18.9 Å². The first kappa shape index (κ1) is 15.9. The zero-order valence-electron chi connectivity index (χ0n) is 11.0. The zero-order chi connectivity index (χ0) is 13.3. The van der Waals surface area contributed by atoms with E-state index in [1.807, 2.05) is 0 Å². The lowest BCUT2D eigenvalue weighted by Gasteiger charge is -2.15. The highest BCUT2D eigenvalue weighted by molar-refractivity contribution is 5.83. The average molecular weight is 244 g/mol. The number of hydrogen-bond donors (Lipinski definition) is 2. The second kappa shape index (κ2) is 8.98. The van der Waals surface area contributed by atoms with E-state index in [1.165, 1.54) is 7.11 Å². The van der Waals surface area contributed by atoms with Gasteiger partial charge in [-0.15, -0.1) is 0 Å². The topological polar surface area (TPSA) is 81.4 Å². The van der Waals surface area contributed by atoms with Crippen molar-refractivity contribution in [3.8, 4) is 0 Å². The molecule has 1 amide bonds. The first-order valence-electron chi connectivity index (χ1n) is 6.12. The minimum atomic E-state index is -0.581. The Morgan fingerprint density at radius 3 is 2.47 bits per heavy atom. The Hall–Kier alpha value is -1.10. The zero-order valence-corrected chi connectivity index (χ0v) is 11.0. The van der Waals surface area contributed by atoms with Crippen molar-refractivity contribution in [2.24, 2.45) is 11.7 Å². The van der Waals surface area contributed by atoms with E-state index >= 15 is 0 Å². The standard InChI is InChI=1S/C12H24N2O3/c1-4-10(7-8-13)5-6-11(15)14-9(2)12(16)17-3/h9-10H,4-8,13H2,1-3H3,(H,14,15)/t9-,10?/m0/s1. The molecule has 0 heterocycles. The van der Waals surface area contributed by atoms with E-state index in [0.717, 1.165) is 19.3 Å². The van der Waals surface area contributed by atoms with Crippen LogP contribution in [-0.4, -0.2) is 31.6 Å². The van der Waals surface area contributed by atoms with Gasteiger partial charge in [-0.05, 0) is 32.2 Å². The minimum absolute atomic E-state index is 0.113. The fourth-order valence-electron chi connectivity index (χ4n) is 1.67. The molecule has 100 valence electrons. The maximum absolute atomic E-state index is 11.5. The molecule has 0 saturated carbocycles. The third-order valence-electron chi connectivity index (χ3n) is 2.86. The predicted molar refractivity (Wildman–Crippen MR) is 66.3 cm³/mol. The van der Waals surface area contributed by atoms with Crippen molar-refractivity contribution in [1.82, 2.24) is 5.32 Å². The van der Waals surface area contributed by atoms with Gasteiger partial charge in [0.25, 0.3) is 0 Å². The van der Waals surface area contributed by atoms with Gasteiger partial charge in [-0.25, -0.2) is 4.79 Å². The normalized spacial score (nSPS) is 13.9. The molecule has 0 saturated heterocycles. The Balaban J connectivity index is 3.89. The summed E-state index contributed by atoms with van der Waals surface area (Å²) in [5.74, 6) is -0.0510. The van der Waals surface area contributed by atoms with Gasteiger partial charge in [-0.2, -0.15) is 0 Å². The van der Waals surface area contributed by atoms with Crippen LogP contribution < -0.4 is 11.1 Å². The highest BCUT2D eigenvalue weighted by atomic mass is 16.5. The van der Waals surface area contributed by atoms with Crippen molar-refractivity contribution in [3.63, 3.8) is 0 Å². The fourth-order valence-corrected chi connectivity index (χ4v) is 1.67. The summed E-state index contributed by atoms with van der Waals surface area (Å²) < 4.78 is 4.53. The minimum Gasteiger partial charge on any atom is -0.467 e. The molecule has 0 aromatic carbocycles. The lowest BCUT2D eigenvalue weighted by atomic mass is 9.96. The molecule has 0 fully saturated rings. The summed E-state index contributed by atoms with van der Waals surface area (Å²) in [5, 5.41) is 2.61. The largest absolute Gasteiger partial charge is 0.467 e. The van der Waals surface area contributed by atoms with Gasteiger partial charge in [-0.1, -0.05) is 13.3 Å². The van der Waals surface area contributed by atoms with Crippen LogP contribution in [0, 0.1) is 5.92 Å². The van der Waals surface area contributed by atoms with Crippen LogP contribution in [0.1, 0.15) is 39.5 Å². The van der Waals surface area contributed by atoms with Crippen LogP contribution >= 0.6 is 0 Å². The number of nitrogens with one attached hydrogen (secondary N) is 1. The SMILES string of the molecule is CCC(CCN)CCC(=O)N[C@@H](C)C(=O)OC. The van der Waals surface area contributed by atoms with Crippen LogP contribution in [0.5, 0.6) is 0 Å². The molecule has 5 heteroatoms. The Kier molecular flexibility index (Phi) is 8.40. The van der Waals surface area contributed by atoms with E-state index in [2.05, 4.69) is 17.0 Å². The molecule has 0 aliphatic rings. The van der Waals surface area contributed by atoms with Crippen molar-refractivity contribution in [3.05, 3.63) is 0 Å². The van der Waals surface area contributed by atoms with Crippen LogP contribution in [0.3, 0.4) is 0 Å². The Morgan fingerprint density at radius 2 is 2.00 bits per heavy atom. The molecule has 0 aromatic rings. The monoisotopic (exact) mass is 244 g/mol. The highest BCUT2D eigenvalue weighted by Gasteiger charge is 2.16. The van der Waals surface area contributed by atoms with Crippen LogP contribution in [-0.2, 0) is 14.3 Å². The third-order valence-corrected chi connectivity index (χ3v) is 2.86. The fraction of sp³-hybridized carbons (Fsp3) is 0.833. The number of carbonyl (C=O) groups excluding carboxylic acids is 2. The summed E-state index contributed by atoms with van der Waals surface area (Å²) in [6.45, 7) is 4.36. The summed E-state index contributed by atoms with van der Waals surface area (Å²) in [6.07, 6.45) is 3.21. The van der Waals surface area contributed by atoms with Gasteiger partial charge in [-0.3, -0.25) is 4.79 Å². The van der Waals surface area contributed by atoms with Gasteiger partial charge in [0, 0.05) is 6.42 Å². The number of carbonyl (C=O) groups is 2. The summed E-state index contributed by atoms with van der Waals surface area (Å²) in [7, 11) is 1.30. The Morgan fingerprint density at radius 1 is 1.35 bits per heavy atom. The summed E-state index contributed by atoms with van der Waals surface area (Å²) in [5.41, 5.74) is 5.49. The predicted octanol–water partition coefficient (Wildman–Crippen LogP) is 0.819. The number of rotatable bonds is 8. The Labute approximate surface area is 103 Å². The van der Waals surface area contributed by atoms with Crippen molar-refractivity contribution in [1.29, 1.82) is 0 Å². The van der Waals surface area contributed by atoms with Crippen molar-refractivity contribution in [2.45, 2.75) is 45.6 Å². The van der Waals surface area contributed by atoms with E-state index in [9.17, 15) is 9.59 Å². The number of esters is 1. The lowest BCUT2D eigenvalue weighted by Crippen LogP contribution is -2.39. The van der Waals surface area contributed by atoms with Crippen LogP contribution in [0.2, 0.25) is 0 Å². The molecule has 0 aromatic heterocycles. The summed E-state index contributed by atoms with van der Waals surface area (Å²) in [6, 6.07) is -0.581. The highest BCUT2D eigenvalue weighted by Crippen LogP contribution is 2.14. The van der Waals surface area contributed by atoms with Gasteiger partial charge >= 0.3 is 5.97 Å². The Bertz CT molecular complexity index is 244. The molecule has 0 radical (unpaired) electrons. The van der Waals surface area contributed by atoms with Gasteiger partial charge in [0.15, 0.2) is 0 Å². The molecule has 5 nitrogen and oxygen atoms in total. The molecular formula is C12H24N2O3. The molecule has 0 spiro atoms. The van der Waals surface area contributed by atoms with E-state index in [-0.39, 0.29) is 5.91 Å². The molecular weight excluding hydrogens is 220 g/mol. The van der Waals surface area contributed by atoms with Crippen molar-refractivity contribution >= 4 is 11.9 Å². The van der Waals surface area contributed by atoms with Crippen molar-refractivity contribution in [2.75, 3.05) is 13.7 Å². The second-order valence-corrected chi connectivity index (χ2v) is 4.20. The first-order chi connectivity index (χ1) is 8.04. The van der Waals surface area contributed by atoms with Gasteiger partial charge in [0.2, 0.25) is 5.91 Å². The number of ether oxygens (including phenoxy) is 1. The number of methoxy groups -OCH3 is 1. The third kappa shape index (κ3) is 6.94. The average Bonchev–Trinajstić information content (AvgIpc) is 2.33.